The van der Waals surface area contributed by atoms with Gasteiger partial charge >= 0.3 is 12.2 Å². The molecular weight excluding hydrogens is 793 g/mol. The smallest absolute Gasteiger partial charge is 0.410 e. The summed E-state index contributed by atoms with van der Waals surface area (Å²) in [7, 11) is -1.26. The molecule has 0 spiro atoms. The van der Waals surface area contributed by atoms with E-state index in [1.807, 2.05) is 90.5 Å². The van der Waals surface area contributed by atoms with Crippen LogP contribution in [-0.4, -0.2) is 116 Å². The number of carbonyl (C=O) groups is 2. The van der Waals surface area contributed by atoms with Crippen LogP contribution >= 0.6 is 0 Å². The van der Waals surface area contributed by atoms with E-state index in [-0.39, 0.29) is 30.3 Å². The third-order valence-electron chi connectivity index (χ3n) is 10.9. The van der Waals surface area contributed by atoms with Crippen molar-refractivity contribution < 1.29 is 33.3 Å². The quantitative estimate of drug-likeness (QED) is 0.0851. The van der Waals surface area contributed by atoms with Gasteiger partial charge in [-0.1, -0.05) is 50.0 Å². The maximum absolute atomic E-state index is 14.0. The van der Waals surface area contributed by atoms with Crippen LogP contribution in [0.5, 0.6) is 0 Å². The number of hydrogen-bond donors (Lipinski definition) is 1. The fourth-order valence-corrected chi connectivity index (χ4v) is 8.84. The van der Waals surface area contributed by atoms with Crippen LogP contribution in [0.3, 0.4) is 0 Å². The molecule has 15 nitrogen and oxygen atoms in total. The SMILES string of the molecule is CC(C)(C)OC(=O)N(CCCN(C[C@H]1C[C@@H](n2cc(-c3nccn3COCC[Si](C)(C)C)c3c(N)ncnc32)[C@@H]2OC(C)(C)O[C@H]12)C(=O)OC(C)(C)C)CCc1ccccc1. The number of amides is 2. The zero-order valence-electron chi connectivity index (χ0n) is 38.1. The summed E-state index contributed by atoms with van der Waals surface area (Å²) >= 11 is 0. The minimum Gasteiger partial charge on any atom is -0.444 e. The van der Waals surface area contributed by atoms with Crippen molar-refractivity contribution in [2.24, 2.45) is 5.92 Å². The van der Waals surface area contributed by atoms with Gasteiger partial charge in [-0.2, -0.15) is 0 Å². The number of imidazole rings is 1. The highest BCUT2D eigenvalue weighted by molar-refractivity contribution is 6.76. The molecule has 4 aromatic rings. The van der Waals surface area contributed by atoms with Crippen molar-refractivity contribution in [2.45, 2.75) is 142 Å². The zero-order valence-corrected chi connectivity index (χ0v) is 39.1. The van der Waals surface area contributed by atoms with E-state index < -0.39 is 31.2 Å². The second-order valence-corrected chi connectivity index (χ2v) is 25.7. The Kier molecular flexibility index (Phi) is 13.9. The molecule has 0 radical (unpaired) electrons. The average Bonchev–Trinajstić information content (AvgIpc) is 3.91. The number of fused-ring (bicyclic) bond motifs is 2. The highest BCUT2D eigenvalue weighted by Gasteiger charge is 2.55. The Balaban J connectivity index is 1.25. The van der Waals surface area contributed by atoms with Crippen molar-refractivity contribution in [3.8, 4) is 11.4 Å². The zero-order chi connectivity index (χ0) is 44.3. The van der Waals surface area contributed by atoms with Gasteiger partial charge in [0.2, 0.25) is 0 Å². The molecule has 1 aliphatic carbocycles. The van der Waals surface area contributed by atoms with Crippen LogP contribution in [0.25, 0.3) is 22.4 Å². The van der Waals surface area contributed by atoms with E-state index in [9.17, 15) is 9.59 Å². The van der Waals surface area contributed by atoms with Crippen LogP contribution < -0.4 is 5.73 Å². The number of anilines is 1. The molecule has 61 heavy (non-hydrogen) atoms. The second kappa shape index (κ2) is 18.5. The largest absolute Gasteiger partial charge is 0.444 e. The van der Waals surface area contributed by atoms with Gasteiger partial charge in [-0.15, -0.1) is 0 Å². The highest BCUT2D eigenvalue weighted by Crippen LogP contribution is 2.49. The van der Waals surface area contributed by atoms with Gasteiger partial charge in [0.25, 0.3) is 0 Å². The van der Waals surface area contributed by atoms with Gasteiger partial charge in [0.05, 0.1) is 17.5 Å². The van der Waals surface area contributed by atoms with Crippen LogP contribution in [0.1, 0.15) is 79.8 Å². The van der Waals surface area contributed by atoms with Crippen LogP contribution in [0.15, 0.2) is 55.2 Å². The van der Waals surface area contributed by atoms with Crippen molar-refractivity contribution in [2.75, 3.05) is 38.5 Å². The molecule has 0 unspecified atom stereocenters. The lowest BCUT2D eigenvalue weighted by Gasteiger charge is -2.32. The number of nitrogens with two attached hydrogens (primary N) is 1. The van der Waals surface area contributed by atoms with Gasteiger partial charge < -0.3 is 48.4 Å². The molecule has 4 atom stereocenters. The van der Waals surface area contributed by atoms with Crippen molar-refractivity contribution in [3.63, 3.8) is 0 Å². The molecule has 1 saturated heterocycles. The summed E-state index contributed by atoms with van der Waals surface area (Å²) in [5.41, 5.74) is 7.83. The number of rotatable bonds is 16. The van der Waals surface area contributed by atoms with Crippen LogP contribution in [0, 0.1) is 5.92 Å². The standard InChI is InChI=1S/C45H68N8O7Si/c1-43(2,3)59-41(54)50(22-18-31-16-13-12-14-17-31)20-15-21-51(42(55)60-44(4,5)6)27-32-26-34(37-36(32)57-45(7,8)58-37)53-28-33(35-38(46)48-29-49-40(35)53)39-47-19-23-52(39)30-56-24-25-61(9,10)11/h12-14,16-17,19,23,28-29,32,34,36-37H,15,18,20-22,24-27,30H2,1-11H3,(H2,46,48,49)/t32-,34-,36-,37+/m1/s1. The summed E-state index contributed by atoms with van der Waals surface area (Å²) in [4.78, 5) is 44.9. The van der Waals surface area contributed by atoms with Gasteiger partial charge in [-0.3, -0.25) is 0 Å². The fraction of sp³-hybridized carbons (Fsp3) is 0.622. The molecule has 2 amide bonds. The molecule has 4 heterocycles. The monoisotopic (exact) mass is 860 g/mol. The normalized spacial score (nSPS) is 20.2. The fourth-order valence-electron chi connectivity index (χ4n) is 8.09. The first-order valence-corrected chi connectivity index (χ1v) is 25.3. The minimum atomic E-state index is -1.26. The predicted octanol–water partition coefficient (Wildman–Crippen LogP) is 8.38. The van der Waals surface area contributed by atoms with E-state index in [2.05, 4.69) is 41.3 Å². The lowest BCUT2D eigenvalue weighted by Crippen LogP contribution is -2.44. The summed E-state index contributed by atoms with van der Waals surface area (Å²) in [5, 5.41) is 0.701. The van der Waals surface area contributed by atoms with Crippen LogP contribution in [0.4, 0.5) is 15.4 Å². The average molecular weight is 861 g/mol. The molecule has 2 fully saturated rings. The van der Waals surface area contributed by atoms with E-state index in [0.717, 1.165) is 17.2 Å². The number of carbonyl (C=O) groups excluding carboxylic acids is 2. The van der Waals surface area contributed by atoms with E-state index in [1.165, 1.54) is 6.33 Å². The molecule has 1 aliphatic heterocycles. The first-order chi connectivity index (χ1) is 28.6. The number of nitrogens with zero attached hydrogens (tertiary/aromatic N) is 7. The van der Waals surface area contributed by atoms with E-state index >= 15 is 0 Å². The Morgan fingerprint density at radius 2 is 1.57 bits per heavy atom. The van der Waals surface area contributed by atoms with Crippen molar-refractivity contribution in [1.82, 2.24) is 33.9 Å². The topological polar surface area (TPSA) is 161 Å². The third-order valence-corrected chi connectivity index (χ3v) is 12.6. The summed E-state index contributed by atoms with van der Waals surface area (Å²) in [5.74, 6) is 0.0573. The van der Waals surface area contributed by atoms with Crippen LogP contribution in [-0.2, 0) is 36.8 Å². The van der Waals surface area contributed by atoms with Crippen molar-refractivity contribution >= 4 is 37.1 Å². The number of aromatic nitrogens is 5. The third kappa shape index (κ3) is 12.1. The molecule has 2 N–H and O–H groups in total. The van der Waals surface area contributed by atoms with Gasteiger partial charge in [0.15, 0.2) is 5.79 Å². The molecule has 1 saturated carbocycles. The summed E-state index contributed by atoms with van der Waals surface area (Å²) in [6.07, 6.45) is 7.50. The molecule has 1 aromatic carbocycles. The molecule has 0 bridgehead atoms. The van der Waals surface area contributed by atoms with E-state index in [1.54, 1.807) is 16.0 Å². The first kappa shape index (κ1) is 46.0. The summed E-state index contributed by atoms with van der Waals surface area (Å²) in [6, 6.07) is 10.9. The maximum atomic E-state index is 14.0. The number of ether oxygens (including phenoxy) is 5. The first-order valence-electron chi connectivity index (χ1n) is 21.6. The molecule has 2 aliphatic rings. The Bertz CT molecular complexity index is 2100. The Hall–Kier alpha value is -4.51. The lowest BCUT2D eigenvalue weighted by atomic mass is 10.0. The Labute approximate surface area is 362 Å². The number of nitrogen functional groups attached to an aromatic ring is 1. The molecule has 3 aromatic heterocycles. The van der Waals surface area contributed by atoms with Crippen LogP contribution in [0.2, 0.25) is 25.7 Å². The van der Waals surface area contributed by atoms with Crippen molar-refractivity contribution in [1.29, 1.82) is 0 Å². The molecule has 6 rings (SSSR count). The highest BCUT2D eigenvalue weighted by atomic mass is 28.3. The molecule has 16 heteroatoms. The van der Waals surface area contributed by atoms with E-state index in [0.29, 0.717) is 81.5 Å². The molecular formula is C45H68N8O7Si. The van der Waals surface area contributed by atoms with Gasteiger partial charge in [-0.25, -0.2) is 24.5 Å². The summed E-state index contributed by atoms with van der Waals surface area (Å²) < 4.78 is 35.4. The minimum absolute atomic E-state index is 0.133. The van der Waals surface area contributed by atoms with Gasteiger partial charge in [0, 0.05) is 70.9 Å². The van der Waals surface area contributed by atoms with Gasteiger partial charge in [-0.05, 0) is 86.3 Å². The Morgan fingerprint density at radius 1 is 0.918 bits per heavy atom. The number of benzene rings is 1. The summed E-state index contributed by atoms with van der Waals surface area (Å²) in [6.45, 7) is 24.6. The number of hydrogen-bond acceptors (Lipinski definition) is 11. The second-order valence-electron chi connectivity index (χ2n) is 20.1. The molecule has 334 valence electrons. The van der Waals surface area contributed by atoms with Crippen molar-refractivity contribution in [3.05, 3.63) is 60.8 Å². The lowest BCUT2D eigenvalue weighted by molar-refractivity contribution is -0.160. The Morgan fingerprint density at radius 3 is 2.25 bits per heavy atom. The maximum Gasteiger partial charge on any atom is 0.410 e. The van der Waals surface area contributed by atoms with Gasteiger partial charge in [0.1, 0.15) is 47.7 Å². The predicted molar refractivity (Wildman–Crippen MR) is 239 cm³/mol. The van der Waals surface area contributed by atoms with E-state index in [4.69, 9.17) is 39.4 Å².